The molecule has 0 heterocycles. The average molecular weight is 277 g/mol. The summed E-state index contributed by atoms with van der Waals surface area (Å²) >= 11 is 5.68. The Morgan fingerprint density at radius 3 is 2.29 bits per heavy atom. The predicted molar refractivity (Wildman–Crippen MR) is 65.8 cm³/mol. The molecule has 0 radical (unpaired) electrons. The number of benzene rings is 1. The molecule has 1 atom stereocenters. The Bertz CT molecular complexity index is 493. The van der Waals surface area contributed by atoms with Gasteiger partial charge in [-0.3, -0.25) is 4.79 Å². The van der Waals surface area contributed by atoms with Crippen molar-refractivity contribution >= 4 is 27.4 Å². The van der Waals surface area contributed by atoms with Crippen LogP contribution in [-0.4, -0.2) is 24.7 Å². The number of hydrogen-bond acceptors (Lipinski definition) is 3. The molecule has 6 heteroatoms. The van der Waals surface area contributed by atoms with Crippen LogP contribution in [0.4, 0.5) is 0 Å². The van der Waals surface area contributed by atoms with E-state index < -0.39 is 21.1 Å². The van der Waals surface area contributed by atoms with Crippen LogP contribution in [0.25, 0.3) is 0 Å². The number of carboxylic acids is 1. The molecule has 1 aromatic carbocycles. The predicted octanol–water partition coefficient (Wildman–Crippen LogP) is 2.12. The van der Waals surface area contributed by atoms with E-state index in [1.54, 1.807) is 24.3 Å². The molecule has 0 aliphatic carbocycles. The minimum absolute atomic E-state index is 0.0608. The summed E-state index contributed by atoms with van der Waals surface area (Å²) in [5.41, 5.74) is 0.536. The van der Waals surface area contributed by atoms with Gasteiger partial charge in [0.05, 0.1) is 5.75 Å². The van der Waals surface area contributed by atoms with Crippen LogP contribution in [0.3, 0.4) is 0 Å². The maximum atomic E-state index is 11.8. The van der Waals surface area contributed by atoms with Crippen LogP contribution in [0.1, 0.15) is 18.9 Å². The molecule has 0 saturated carbocycles. The van der Waals surface area contributed by atoms with Crippen LogP contribution in [0.15, 0.2) is 24.3 Å². The molecule has 1 rings (SSSR count). The van der Waals surface area contributed by atoms with E-state index in [1.807, 2.05) is 0 Å². The molecule has 17 heavy (non-hydrogen) atoms. The summed E-state index contributed by atoms with van der Waals surface area (Å²) in [7, 11) is -3.68. The highest BCUT2D eigenvalue weighted by atomic mass is 35.5. The molecule has 0 bridgehead atoms. The number of carbonyl (C=O) groups is 1. The van der Waals surface area contributed by atoms with E-state index in [0.717, 1.165) is 0 Å². The molecule has 0 fully saturated rings. The Kier molecular flexibility index (Phi) is 4.54. The molecule has 0 aromatic heterocycles. The van der Waals surface area contributed by atoms with Gasteiger partial charge in [0, 0.05) is 5.02 Å². The summed E-state index contributed by atoms with van der Waals surface area (Å²) in [6.45, 7) is 1.54. The number of rotatable bonds is 5. The van der Waals surface area contributed by atoms with Crippen LogP contribution in [-0.2, 0) is 20.4 Å². The molecule has 0 aliphatic heterocycles. The second kappa shape index (κ2) is 5.51. The van der Waals surface area contributed by atoms with Gasteiger partial charge in [0.2, 0.25) is 0 Å². The van der Waals surface area contributed by atoms with E-state index in [1.165, 1.54) is 6.92 Å². The highest BCUT2D eigenvalue weighted by Gasteiger charge is 2.30. The lowest BCUT2D eigenvalue weighted by atomic mass is 10.2. The lowest BCUT2D eigenvalue weighted by Crippen LogP contribution is -2.30. The van der Waals surface area contributed by atoms with Gasteiger partial charge in [-0.1, -0.05) is 30.7 Å². The summed E-state index contributed by atoms with van der Waals surface area (Å²) in [5.74, 6) is -1.59. The molecular weight excluding hydrogens is 264 g/mol. The summed E-state index contributed by atoms with van der Waals surface area (Å²) in [5, 5.41) is 7.99. The van der Waals surface area contributed by atoms with Crippen molar-refractivity contribution in [2.75, 3.05) is 0 Å². The van der Waals surface area contributed by atoms with Crippen molar-refractivity contribution in [3.63, 3.8) is 0 Å². The van der Waals surface area contributed by atoms with Crippen molar-refractivity contribution in [1.29, 1.82) is 0 Å². The number of halogens is 1. The number of aliphatic carboxylic acids is 1. The number of carboxylic acid groups (broad SMARTS) is 1. The summed E-state index contributed by atoms with van der Waals surface area (Å²) in [6, 6.07) is 6.31. The maximum Gasteiger partial charge on any atom is 0.321 e. The van der Waals surface area contributed by atoms with E-state index in [-0.39, 0.29) is 12.2 Å². The smallest absolute Gasteiger partial charge is 0.321 e. The lowest BCUT2D eigenvalue weighted by Gasteiger charge is -2.11. The van der Waals surface area contributed by atoms with Crippen molar-refractivity contribution in [1.82, 2.24) is 0 Å². The second-order valence-corrected chi connectivity index (χ2v) is 6.29. The third-order valence-corrected chi connectivity index (χ3v) is 4.75. The number of hydrogen-bond donors (Lipinski definition) is 1. The minimum Gasteiger partial charge on any atom is -0.480 e. The highest BCUT2D eigenvalue weighted by molar-refractivity contribution is 7.92. The van der Waals surface area contributed by atoms with Gasteiger partial charge >= 0.3 is 5.97 Å². The van der Waals surface area contributed by atoms with Gasteiger partial charge in [-0.25, -0.2) is 8.42 Å². The first-order valence-corrected chi connectivity index (χ1v) is 7.15. The van der Waals surface area contributed by atoms with Gasteiger partial charge < -0.3 is 5.11 Å². The molecular formula is C11H13ClO4S. The molecule has 94 valence electrons. The molecule has 1 aromatic rings. The Morgan fingerprint density at radius 2 is 1.88 bits per heavy atom. The van der Waals surface area contributed by atoms with Crippen LogP contribution in [0, 0.1) is 0 Å². The van der Waals surface area contributed by atoms with E-state index >= 15 is 0 Å². The molecule has 0 amide bonds. The molecule has 1 N–H and O–H groups in total. The van der Waals surface area contributed by atoms with Gasteiger partial charge in [0.15, 0.2) is 15.1 Å². The van der Waals surface area contributed by atoms with Gasteiger partial charge in [0.25, 0.3) is 0 Å². The zero-order valence-corrected chi connectivity index (χ0v) is 10.8. The molecule has 0 aliphatic rings. The fourth-order valence-corrected chi connectivity index (χ4v) is 3.30. The van der Waals surface area contributed by atoms with Gasteiger partial charge in [-0.05, 0) is 24.1 Å². The van der Waals surface area contributed by atoms with Gasteiger partial charge in [-0.2, -0.15) is 0 Å². The summed E-state index contributed by atoms with van der Waals surface area (Å²) < 4.78 is 23.7. The zero-order valence-electron chi connectivity index (χ0n) is 9.26. The van der Waals surface area contributed by atoms with Crippen molar-refractivity contribution < 1.29 is 18.3 Å². The Hall–Kier alpha value is -1.07. The molecule has 0 spiro atoms. The maximum absolute atomic E-state index is 11.8. The van der Waals surface area contributed by atoms with Gasteiger partial charge in [0.1, 0.15) is 0 Å². The van der Waals surface area contributed by atoms with Crippen molar-refractivity contribution in [3.05, 3.63) is 34.9 Å². The topological polar surface area (TPSA) is 71.4 Å². The fourth-order valence-electron chi connectivity index (χ4n) is 1.50. The van der Waals surface area contributed by atoms with E-state index in [2.05, 4.69) is 0 Å². The summed E-state index contributed by atoms with van der Waals surface area (Å²) in [4.78, 5) is 10.8. The van der Waals surface area contributed by atoms with E-state index in [4.69, 9.17) is 16.7 Å². The first-order chi connectivity index (χ1) is 7.86. The highest BCUT2D eigenvalue weighted by Crippen LogP contribution is 2.16. The Morgan fingerprint density at radius 1 is 1.35 bits per heavy atom. The van der Waals surface area contributed by atoms with Crippen LogP contribution in [0.5, 0.6) is 0 Å². The average Bonchev–Trinajstić information content (AvgIpc) is 2.21. The second-order valence-electron chi connectivity index (χ2n) is 3.67. The third-order valence-electron chi connectivity index (χ3n) is 2.36. The number of sulfone groups is 1. The van der Waals surface area contributed by atoms with Crippen molar-refractivity contribution in [3.8, 4) is 0 Å². The quantitative estimate of drug-likeness (QED) is 0.894. The van der Waals surface area contributed by atoms with Crippen molar-refractivity contribution in [2.24, 2.45) is 0 Å². The van der Waals surface area contributed by atoms with E-state index in [9.17, 15) is 13.2 Å². The van der Waals surface area contributed by atoms with Crippen LogP contribution in [0.2, 0.25) is 5.02 Å². The minimum atomic E-state index is -3.68. The fraction of sp³-hybridized carbons (Fsp3) is 0.364. The largest absolute Gasteiger partial charge is 0.480 e. The first-order valence-electron chi connectivity index (χ1n) is 5.05. The monoisotopic (exact) mass is 276 g/mol. The SMILES string of the molecule is CCC(C(=O)O)S(=O)(=O)Cc1ccc(Cl)cc1. The van der Waals surface area contributed by atoms with E-state index in [0.29, 0.717) is 10.6 Å². The standard InChI is InChI=1S/C11H13ClO4S/c1-2-10(11(13)14)17(15,16)7-8-3-5-9(12)6-4-8/h3-6,10H,2,7H2,1H3,(H,13,14). The van der Waals surface area contributed by atoms with Crippen LogP contribution < -0.4 is 0 Å². The molecule has 0 saturated heterocycles. The Balaban J connectivity index is 2.93. The lowest BCUT2D eigenvalue weighted by molar-refractivity contribution is -0.136. The molecule has 1 unspecified atom stereocenters. The van der Waals surface area contributed by atoms with Crippen molar-refractivity contribution in [2.45, 2.75) is 24.3 Å². The van der Waals surface area contributed by atoms with Crippen LogP contribution >= 0.6 is 11.6 Å². The third kappa shape index (κ3) is 3.71. The normalized spacial score (nSPS) is 13.3. The first kappa shape index (κ1) is 14.0. The Labute approximate surface area is 105 Å². The zero-order chi connectivity index (χ0) is 13.1. The molecule has 4 nitrogen and oxygen atoms in total. The van der Waals surface area contributed by atoms with Gasteiger partial charge in [-0.15, -0.1) is 0 Å². The summed E-state index contributed by atoms with van der Waals surface area (Å²) in [6.07, 6.45) is 0.0608.